The van der Waals surface area contributed by atoms with Crippen LogP contribution >= 0.6 is 0 Å². The second-order valence-electron chi connectivity index (χ2n) is 6.25. The highest BCUT2D eigenvalue weighted by molar-refractivity contribution is 4.88. The van der Waals surface area contributed by atoms with Crippen LogP contribution in [0.5, 0.6) is 0 Å². The molecule has 0 amide bonds. The van der Waals surface area contributed by atoms with Crippen LogP contribution in [0.1, 0.15) is 33.1 Å². The molecule has 2 atom stereocenters. The molecule has 0 spiro atoms. The standard InChI is InChI=1S/C15H30N2O2/c1-3-6-16-11-15(5-4-8-18-13-15)12-17-7-9-19-14(2)10-17/h14,16H,3-13H2,1-2H3. The quantitative estimate of drug-likeness (QED) is 0.742. The van der Waals surface area contributed by atoms with Crippen LogP contribution in [0.2, 0.25) is 0 Å². The molecule has 0 aromatic rings. The van der Waals surface area contributed by atoms with Crippen LogP contribution < -0.4 is 5.32 Å². The molecule has 0 saturated carbocycles. The second-order valence-corrected chi connectivity index (χ2v) is 6.25. The summed E-state index contributed by atoms with van der Waals surface area (Å²) >= 11 is 0. The molecule has 0 aliphatic carbocycles. The van der Waals surface area contributed by atoms with Gasteiger partial charge in [-0.05, 0) is 32.7 Å². The lowest BCUT2D eigenvalue weighted by molar-refractivity contribution is -0.0639. The number of nitrogens with zero attached hydrogens (tertiary/aromatic N) is 1. The van der Waals surface area contributed by atoms with Crippen molar-refractivity contribution in [3.8, 4) is 0 Å². The summed E-state index contributed by atoms with van der Waals surface area (Å²) in [5.74, 6) is 0. The highest BCUT2D eigenvalue weighted by Crippen LogP contribution is 2.29. The van der Waals surface area contributed by atoms with E-state index in [-0.39, 0.29) is 0 Å². The van der Waals surface area contributed by atoms with E-state index in [1.807, 2.05) is 0 Å². The van der Waals surface area contributed by atoms with Crippen molar-refractivity contribution >= 4 is 0 Å². The lowest BCUT2D eigenvalue weighted by Crippen LogP contribution is -2.52. The maximum atomic E-state index is 5.79. The summed E-state index contributed by atoms with van der Waals surface area (Å²) < 4.78 is 11.4. The summed E-state index contributed by atoms with van der Waals surface area (Å²) in [4.78, 5) is 2.57. The van der Waals surface area contributed by atoms with Gasteiger partial charge in [0.25, 0.3) is 0 Å². The molecular formula is C15H30N2O2. The topological polar surface area (TPSA) is 33.7 Å². The van der Waals surface area contributed by atoms with Gasteiger partial charge in [-0.15, -0.1) is 0 Å². The summed E-state index contributed by atoms with van der Waals surface area (Å²) in [5.41, 5.74) is 0.310. The van der Waals surface area contributed by atoms with Gasteiger partial charge in [0.1, 0.15) is 0 Å². The second kappa shape index (κ2) is 7.58. The van der Waals surface area contributed by atoms with Crippen LogP contribution in [-0.4, -0.2) is 63.5 Å². The molecule has 2 fully saturated rings. The third kappa shape index (κ3) is 4.71. The van der Waals surface area contributed by atoms with Gasteiger partial charge in [0.2, 0.25) is 0 Å². The zero-order valence-corrected chi connectivity index (χ0v) is 12.6. The van der Waals surface area contributed by atoms with Crippen molar-refractivity contribution in [2.75, 3.05) is 52.5 Å². The van der Waals surface area contributed by atoms with Crippen LogP contribution in [0, 0.1) is 5.41 Å². The zero-order valence-electron chi connectivity index (χ0n) is 12.6. The fourth-order valence-electron chi connectivity index (χ4n) is 3.27. The highest BCUT2D eigenvalue weighted by Gasteiger charge is 2.35. The third-order valence-electron chi connectivity index (χ3n) is 4.22. The molecule has 2 unspecified atom stereocenters. The largest absolute Gasteiger partial charge is 0.381 e. The normalized spacial score (nSPS) is 33.5. The molecule has 0 aromatic carbocycles. The third-order valence-corrected chi connectivity index (χ3v) is 4.22. The molecule has 2 aliphatic heterocycles. The first-order valence-corrected chi connectivity index (χ1v) is 7.86. The van der Waals surface area contributed by atoms with Crippen LogP contribution in [0.3, 0.4) is 0 Å². The van der Waals surface area contributed by atoms with E-state index in [4.69, 9.17) is 9.47 Å². The van der Waals surface area contributed by atoms with E-state index in [1.165, 1.54) is 19.3 Å². The van der Waals surface area contributed by atoms with E-state index in [1.54, 1.807) is 0 Å². The minimum absolute atomic E-state index is 0.310. The van der Waals surface area contributed by atoms with E-state index >= 15 is 0 Å². The number of ether oxygens (including phenoxy) is 2. The van der Waals surface area contributed by atoms with Crippen molar-refractivity contribution in [1.82, 2.24) is 10.2 Å². The predicted octanol–water partition coefficient (Wildman–Crippen LogP) is 1.50. The molecule has 19 heavy (non-hydrogen) atoms. The Morgan fingerprint density at radius 2 is 2.26 bits per heavy atom. The molecule has 2 rings (SSSR count). The van der Waals surface area contributed by atoms with Gasteiger partial charge in [0.05, 0.1) is 19.3 Å². The first-order chi connectivity index (χ1) is 9.24. The number of hydrogen-bond donors (Lipinski definition) is 1. The van der Waals surface area contributed by atoms with Gasteiger partial charge in [0.15, 0.2) is 0 Å². The molecule has 2 aliphatic rings. The summed E-state index contributed by atoms with van der Waals surface area (Å²) in [5, 5.41) is 3.61. The fourth-order valence-corrected chi connectivity index (χ4v) is 3.27. The van der Waals surface area contributed by atoms with Crippen molar-refractivity contribution in [3.63, 3.8) is 0 Å². The van der Waals surface area contributed by atoms with Crippen molar-refractivity contribution in [2.24, 2.45) is 5.41 Å². The summed E-state index contributed by atoms with van der Waals surface area (Å²) in [6.45, 7) is 12.6. The number of rotatable bonds is 6. The SMILES string of the molecule is CCCNCC1(CN2CCOC(C)C2)CCCOC1. The molecule has 4 nitrogen and oxygen atoms in total. The Morgan fingerprint density at radius 1 is 1.37 bits per heavy atom. The lowest BCUT2D eigenvalue weighted by Gasteiger charge is -2.43. The van der Waals surface area contributed by atoms with Gasteiger partial charge in [-0.2, -0.15) is 0 Å². The number of nitrogens with one attached hydrogen (secondary N) is 1. The van der Waals surface area contributed by atoms with Crippen LogP contribution in [-0.2, 0) is 9.47 Å². The maximum Gasteiger partial charge on any atom is 0.0674 e. The Balaban J connectivity index is 1.88. The van der Waals surface area contributed by atoms with E-state index < -0.39 is 0 Å². The Hall–Kier alpha value is -0.160. The van der Waals surface area contributed by atoms with Crippen LogP contribution in [0.25, 0.3) is 0 Å². The van der Waals surface area contributed by atoms with Gasteiger partial charge in [-0.3, -0.25) is 4.90 Å². The van der Waals surface area contributed by atoms with Gasteiger partial charge in [-0.1, -0.05) is 6.92 Å². The van der Waals surface area contributed by atoms with Crippen LogP contribution in [0.4, 0.5) is 0 Å². The molecule has 0 bridgehead atoms. The molecule has 1 N–H and O–H groups in total. The van der Waals surface area contributed by atoms with Gasteiger partial charge < -0.3 is 14.8 Å². The van der Waals surface area contributed by atoms with E-state index in [0.717, 1.165) is 52.5 Å². The molecule has 2 saturated heterocycles. The lowest BCUT2D eigenvalue weighted by atomic mass is 9.81. The van der Waals surface area contributed by atoms with E-state index in [2.05, 4.69) is 24.1 Å². The Kier molecular flexibility index (Phi) is 6.07. The minimum Gasteiger partial charge on any atom is -0.381 e. The van der Waals surface area contributed by atoms with Crippen molar-refractivity contribution < 1.29 is 9.47 Å². The summed E-state index contributed by atoms with van der Waals surface area (Å²) in [6, 6.07) is 0. The zero-order chi connectivity index (χ0) is 13.6. The summed E-state index contributed by atoms with van der Waals surface area (Å²) in [6.07, 6.45) is 4.06. The molecule has 2 heterocycles. The van der Waals surface area contributed by atoms with Crippen molar-refractivity contribution in [2.45, 2.75) is 39.2 Å². The molecule has 0 radical (unpaired) electrons. The summed E-state index contributed by atoms with van der Waals surface area (Å²) in [7, 11) is 0. The predicted molar refractivity (Wildman–Crippen MR) is 77.5 cm³/mol. The molecule has 0 aromatic heterocycles. The van der Waals surface area contributed by atoms with E-state index in [9.17, 15) is 0 Å². The maximum absolute atomic E-state index is 5.79. The monoisotopic (exact) mass is 270 g/mol. The molecule has 4 heteroatoms. The Bertz CT molecular complexity index is 255. The first kappa shape index (κ1) is 15.2. The Morgan fingerprint density at radius 3 is 2.95 bits per heavy atom. The van der Waals surface area contributed by atoms with Crippen molar-refractivity contribution in [3.05, 3.63) is 0 Å². The van der Waals surface area contributed by atoms with Crippen LogP contribution in [0.15, 0.2) is 0 Å². The Labute approximate surface area is 117 Å². The average Bonchev–Trinajstić information content (AvgIpc) is 2.40. The minimum atomic E-state index is 0.310. The van der Waals surface area contributed by atoms with Crippen molar-refractivity contribution in [1.29, 1.82) is 0 Å². The fraction of sp³-hybridized carbons (Fsp3) is 1.00. The average molecular weight is 270 g/mol. The molecular weight excluding hydrogens is 240 g/mol. The molecule has 112 valence electrons. The van der Waals surface area contributed by atoms with Gasteiger partial charge in [-0.25, -0.2) is 0 Å². The van der Waals surface area contributed by atoms with E-state index in [0.29, 0.717) is 11.5 Å². The number of morpholine rings is 1. The smallest absolute Gasteiger partial charge is 0.0674 e. The number of hydrogen-bond acceptors (Lipinski definition) is 4. The van der Waals surface area contributed by atoms with Gasteiger partial charge >= 0.3 is 0 Å². The van der Waals surface area contributed by atoms with Gasteiger partial charge in [0, 0.05) is 38.2 Å². The highest BCUT2D eigenvalue weighted by atomic mass is 16.5. The first-order valence-electron chi connectivity index (χ1n) is 7.86.